The van der Waals surface area contributed by atoms with Gasteiger partial charge in [0.15, 0.2) is 0 Å². The summed E-state index contributed by atoms with van der Waals surface area (Å²) in [5.74, 6) is 1.05. The van der Waals surface area contributed by atoms with Crippen molar-refractivity contribution in [2.75, 3.05) is 6.54 Å². The first-order valence-electron chi connectivity index (χ1n) is 7.78. The molecule has 0 saturated carbocycles. The van der Waals surface area contributed by atoms with E-state index < -0.39 is 0 Å². The molecule has 0 aliphatic heterocycles. The zero-order chi connectivity index (χ0) is 15.2. The van der Waals surface area contributed by atoms with Crippen LogP contribution in [0.1, 0.15) is 56.0 Å². The summed E-state index contributed by atoms with van der Waals surface area (Å²) in [6, 6.07) is 2.21. The Morgan fingerprint density at radius 1 is 1.24 bits per heavy atom. The van der Waals surface area contributed by atoms with E-state index in [1.807, 2.05) is 19.3 Å². The van der Waals surface area contributed by atoms with Crippen LogP contribution in [-0.4, -0.2) is 26.3 Å². The molecule has 0 radical (unpaired) electrons. The Morgan fingerprint density at radius 2 is 2.05 bits per heavy atom. The summed E-state index contributed by atoms with van der Waals surface area (Å²) >= 11 is 0. The van der Waals surface area contributed by atoms with Gasteiger partial charge in [-0.05, 0) is 39.3 Å². The molecule has 1 unspecified atom stereocenters. The molecule has 1 atom stereocenters. The normalized spacial score (nSPS) is 12.6. The number of hydrogen-bond acceptors (Lipinski definition) is 4. The SMILES string of the molecule is CCCNC(c1cc(C)nnc1CC)c1nccn1CC. The quantitative estimate of drug-likeness (QED) is 0.850. The smallest absolute Gasteiger partial charge is 0.130 e. The minimum atomic E-state index is 0.0732. The van der Waals surface area contributed by atoms with Crippen molar-refractivity contribution in [3.8, 4) is 0 Å². The van der Waals surface area contributed by atoms with E-state index >= 15 is 0 Å². The fourth-order valence-corrected chi connectivity index (χ4v) is 2.54. The van der Waals surface area contributed by atoms with Crippen molar-refractivity contribution in [2.24, 2.45) is 0 Å². The predicted octanol–water partition coefficient (Wildman–Crippen LogP) is 2.65. The lowest BCUT2D eigenvalue weighted by Crippen LogP contribution is -2.27. The summed E-state index contributed by atoms with van der Waals surface area (Å²) < 4.78 is 2.18. The number of hydrogen-bond donors (Lipinski definition) is 1. The summed E-state index contributed by atoms with van der Waals surface area (Å²) in [6.45, 7) is 10.3. The van der Waals surface area contributed by atoms with Crippen LogP contribution in [0.25, 0.3) is 0 Å². The van der Waals surface area contributed by atoms with Gasteiger partial charge in [0.1, 0.15) is 5.82 Å². The van der Waals surface area contributed by atoms with Crippen molar-refractivity contribution in [2.45, 2.75) is 53.1 Å². The molecule has 0 amide bonds. The van der Waals surface area contributed by atoms with Crippen molar-refractivity contribution < 1.29 is 0 Å². The van der Waals surface area contributed by atoms with Crippen LogP contribution in [0.2, 0.25) is 0 Å². The number of aromatic nitrogens is 4. The molecular weight excluding hydrogens is 262 g/mol. The molecule has 21 heavy (non-hydrogen) atoms. The van der Waals surface area contributed by atoms with Gasteiger partial charge in [0.25, 0.3) is 0 Å². The average Bonchev–Trinajstić information content (AvgIpc) is 2.96. The highest BCUT2D eigenvalue weighted by Crippen LogP contribution is 2.24. The topological polar surface area (TPSA) is 55.6 Å². The van der Waals surface area contributed by atoms with E-state index in [1.165, 1.54) is 5.56 Å². The van der Waals surface area contributed by atoms with Crippen LogP contribution in [0, 0.1) is 6.92 Å². The summed E-state index contributed by atoms with van der Waals surface area (Å²) in [5.41, 5.74) is 3.18. The van der Waals surface area contributed by atoms with E-state index in [1.54, 1.807) is 0 Å². The van der Waals surface area contributed by atoms with Crippen LogP contribution >= 0.6 is 0 Å². The first kappa shape index (κ1) is 15.6. The van der Waals surface area contributed by atoms with Crippen molar-refractivity contribution in [3.05, 3.63) is 41.2 Å². The van der Waals surface area contributed by atoms with Crippen LogP contribution in [0.15, 0.2) is 18.5 Å². The van der Waals surface area contributed by atoms with Gasteiger partial charge < -0.3 is 9.88 Å². The minimum Gasteiger partial charge on any atom is -0.334 e. The molecule has 0 saturated heterocycles. The Hall–Kier alpha value is -1.75. The van der Waals surface area contributed by atoms with Crippen molar-refractivity contribution in [1.29, 1.82) is 0 Å². The van der Waals surface area contributed by atoms with E-state index in [-0.39, 0.29) is 6.04 Å². The number of aryl methyl sites for hydroxylation is 3. The maximum atomic E-state index is 4.57. The van der Waals surface area contributed by atoms with Crippen molar-refractivity contribution >= 4 is 0 Å². The van der Waals surface area contributed by atoms with E-state index in [0.29, 0.717) is 0 Å². The lowest BCUT2D eigenvalue weighted by Gasteiger charge is -2.21. The minimum absolute atomic E-state index is 0.0732. The van der Waals surface area contributed by atoms with Gasteiger partial charge in [-0.25, -0.2) is 4.98 Å². The zero-order valence-electron chi connectivity index (χ0n) is 13.4. The molecule has 2 rings (SSSR count). The van der Waals surface area contributed by atoms with Gasteiger partial charge in [-0.1, -0.05) is 13.8 Å². The van der Waals surface area contributed by atoms with E-state index in [9.17, 15) is 0 Å². The average molecular weight is 287 g/mol. The molecule has 2 aromatic rings. The number of imidazole rings is 1. The maximum Gasteiger partial charge on any atom is 0.130 e. The first-order valence-corrected chi connectivity index (χ1v) is 7.78. The highest BCUT2D eigenvalue weighted by Gasteiger charge is 2.22. The predicted molar refractivity (Wildman–Crippen MR) is 84.2 cm³/mol. The van der Waals surface area contributed by atoms with Crippen LogP contribution in [0.3, 0.4) is 0 Å². The molecule has 0 bridgehead atoms. The van der Waals surface area contributed by atoms with Gasteiger partial charge in [0, 0.05) is 24.5 Å². The lowest BCUT2D eigenvalue weighted by atomic mass is 10.0. The Morgan fingerprint density at radius 3 is 2.71 bits per heavy atom. The molecule has 114 valence electrons. The van der Waals surface area contributed by atoms with E-state index in [0.717, 1.165) is 43.1 Å². The molecule has 2 aromatic heterocycles. The van der Waals surface area contributed by atoms with Gasteiger partial charge in [0.2, 0.25) is 0 Å². The Balaban J connectivity index is 2.47. The van der Waals surface area contributed by atoms with Crippen LogP contribution in [0.4, 0.5) is 0 Å². The van der Waals surface area contributed by atoms with E-state index in [2.05, 4.69) is 51.9 Å². The van der Waals surface area contributed by atoms with Crippen LogP contribution < -0.4 is 5.32 Å². The monoisotopic (exact) mass is 287 g/mol. The Kier molecular flexibility index (Phi) is 5.44. The molecule has 2 heterocycles. The molecule has 0 aliphatic rings. The summed E-state index contributed by atoms with van der Waals surface area (Å²) in [4.78, 5) is 4.57. The summed E-state index contributed by atoms with van der Waals surface area (Å²) in [7, 11) is 0. The molecule has 0 fully saturated rings. The van der Waals surface area contributed by atoms with Crippen molar-refractivity contribution in [1.82, 2.24) is 25.1 Å². The first-order chi connectivity index (χ1) is 10.2. The van der Waals surface area contributed by atoms with Crippen LogP contribution in [0.5, 0.6) is 0 Å². The molecular formula is C16H25N5. The van der Waals surface area contributed by atoms with Gasteiger partial charge in [0.05, 0.1) is 17.4 Å². The molecule has 0 aromatic carbocycles. The second kappa shape index (κ2) is 7.31. The molecule has 1 N–H and O–H groups in total. The summed E-state index contributed by atoms with van der Waals surface area (Å²) in [5, 5.41) is 12.2. The van der Waals surface area contributed by atoms with Gasteiger partial charge in [-0.3, -0.25) is 0 Å². The standard InChI is InChI=1S/C16H25N5/c1-5-8-17-15(16-18-9-10-21(16)7-3)13-11-12(4)19-20-14(13)6-2/h9-11,15,17H,5-8H2,1-4H3. The van der Waals surface area contributed by atoms with Gasteiger partial charge in [-0.2, -0.15) is 10.2 Å². The zero-order valence-corrected chi connectivity index (χ0v) is 13.4. The fourth-order valence-electron chi connectivity index (χ4n) is 2.54. The summed E-state index contributed by atoms with van der Waals surface area (Å²) in [6.07, 6.45) is 5.86. The largest absolute Gasteiger partial charge is 0.334 e. The van der Waals surface area contributed by atoms with Crippen molar-refractivity contribution in [3.63, 3.8) is 0 Å². The van der Waals surface area contributed by atoms with Gasteiger partial charge in [-0.15, -0.1) is 0 Å². The molecule has 0 aliphatic carbocycles. The molecule has 5 heteroatoms. The molecule has 0 spiro atoms. The fraction of sp³-hybridized carbons (Fsp3) is 0.562. The number of nitrogens with zero attached hydrogens (tertiary/aromatic N) is 4. The van der Waals surface area contributed by atoms with E-state index in [4.69, 9.17) is 0 Å². The third kappa shape index (κ3) is 3.47. The third-order valence-electron chi connectivity index (χ3n) is 3.62. The Labute approximate surface area is 126 Å². The Bertz CT molecular complexity index is 576. The second-order valence-corrected chi connectivity index (χ2v) is 5.20. The van der Waals surface area contributed by atoms with Crippen LogP contribution in [-0.2, 0) is 13.0 Å². The number of rotatable bonds is 7. The molecule has 5 nitrogen and oxygen atoms in total. The highest BCUT2D eigenvalue weighted by molar-refractivity contribution is 5.30. The number of nitrogens with one attached hydrogen (secondary N) is 1. The van der Waals surface area contributed by atoms with Gasteiger partial charge >= 0.3 is 0 Å². The third-order valence-corrected chi connectivity index (χ3v) is 3.62. The lowest BCUT2D eigenvalue weighted by molar-refractivity contribution is 0.534. The highest BCUT2D eigenvalue weighted by atomic mass is 15.1. The maximum absolute atomic E-state index is 4.57. The second-order valence-electron chi connectivity index (χ2n) is 5.20.